The molecule has 0 bridgehead atoms. The number of hydrogen-bond donors (Lipinski definition) is 3. The number of likely N-dealkylation sites (tertiary alicyclic amines) is 1. The molecule has 1 amide bonds. The summed E-state index contributed by atoms with van der Waals surface area (Å²) < 4.78 is 5.94. The maximum Gasteiger partial charge on any atom is 0.267 e. The van der Waals surface area contributed by atoms with E-state index in [0.29, 0.717) is 29.6 Å². The maximum atomic E-state index is 13.1. The molecular formula is C26H33N3O3. The average Bonchev–Trinajstić information content (AvgIpc) is 3.36. The highest BCUT2D eigenvalue weighted by Crippen LogP contribution is 2.41. The van der Waals surface area contributed by atoms with Crippen LogP contribution in [0.15, 0.2) is 36.4 Å². The van der Waals surface area contributed by atoms with Crippen molar-refractivity contribution < 1.29 is 14.6 Å². The number of fused-ring (bicyclic) bond motifs is 1. The van der Waals surface area contributed by atoms with Gasteiger partial charge in [-0.05, 0) is 74.0 Å². The fourth-order valence-electron chi connectivity index (χ4n) is 5.29. The fourth-order valence-corrected chi connectivity index (χ4v) is 5.29. The van der Waals surface area contributed by atoms with E-state index in [4.69, 9.17) is 4.74 Å². The summed E-state index contributed by atoms with van der Waals surface area (Å²) in [5.74, 6) is 1.21. The second kappa shape index (κ2) is 9.41. The van der Waals surface area contributed by atoms with E-state index in [0.717, 1.165) is 49.3 Å². The highest BCUT2D eigenvalue weighted by Gasteiger charge is 2.28. The van der Waals surface area contributed by atoms with Crippen LogP contribution in [0.1, 0.15) is 62.0 Å². The Bertz CT molecular complexity index is 965. The number of ether oxygens (including phenoxy) is 1. The van der Waals surface area contributed by atoms with Gasteiger partial charge >= 0.3 is 0 Å². The quantitative estimate of drug-likeness (QED) is 0.626. The minimum absolute atomic E-state index is 0.195. The normalized spacial score (nSPS) is 21.4. The summed E-state index contributed by atoms with van der Waals surface area (Å²) in [6.07, 6.45) is 7.80. The zero-order valence-corrected chi connectivity index (χ0v) is 18.6. The van der Waals surface area contributed by atoms with Gasteiger partial charge < -0.3 is 20.5 Å². The Morgan fingerprint density at radius 2 is 1.88 bits per heavy atom. The minimum Gasteiger partial charge on any atom is -0.508 e. The van der Waals surface area contributed by atoms with Crippen molar-refractivity contribution in [3.05, 3.63) is 47.5 Å². The summed E-state index contributed by atoms with van der Waals surface area (Å²) in [5.41, 5.74) is 3.73. The molecule has 3 N–H and O–H groups in total. The monoisotopic (exact) mass is 435 g/mol. The molecule has 2 aliphatic heterocycles. The SMILES string of the molecule is O=C(Nc1cc(O)c(C2CCCC2)cc1CN1CCCCC1)C1CNc2ccccc2O1. The first kappa shape index (κ1) is 21.1. The molecule has 1 atom stereocenters. The Kier molecular flexibility index (Phi) is 6.21. The molecule has 1 saturated heterocycles. The number of anilines is 2. The van der Waals surface area contributed by atoms with Crippen molar-refractivity contribution in [3.8, 4) is 11.5 Å². The van der Waals surface area contributed by atoms with Crippen molar-refractivity contribution >= 4 is 17.3 Å². The number of aromatic hydroxyl groups is 1. The first-order chi connectivity index (χ1) is 15.7. The zero-order chi connectivity index (χ0) is 21.9. The number of benzene rings is 2. The molecule has 0 spiro atoms. The third kappa shape index (κ3) is 4.56. The Balaban J connectivity index is 1.37. The lowest BCUT2D eigenvalue weighted by molar-refractivity contribution is -0.122. The van der Waals surface area contributed by atoms with Gasteiger partial charge in [0.1, 0.15) is 11.5 Å². The number of nitrogens with one attached hydrogen (secondary N) is 2. The lowest BCUT2D eigenvalue weighted by Gasteiger charge is -2.29. The van der Waals surface area contributed by atoms with Crippen LogP contribution in [0.5, 0.6) is 11.5 Å². The lowest BCUT2D eigenvalue weighted by atomic mass is 9.93. The molecule has 0 radical (unpaired) electrons. The van der Waals surface area contributed by atoms with Gasteiger partial charge in [-0.2, -0.15) is 0 Å². The summed E-state index contributed by atoms with van der Waals surface area (Å²) in [7, 11) is 0. The van der Waals surface area contributed by atoms with Gasteiger partial charge in [-0.25, -0.2) is 0 Å². The van der Waals surface area contributed by atoms with Gasteiger partial charge in [0.2, 0.25) is 0 Å². The highest BCUT2D eigenvalue weighted by molar-refractivity contribution is 5.96. The molecule has 2 heterocycles. The molecule has 1 unspecified atom stereocenters. The maximum absolute atomic E-state index is 13.1. The molecular weight excluding hydrogens is 402 g/mol. The van der Waals surface area contributed by atoms with E-state index in [2.05, 4.69) is 21.6 Å². The molecule has 3 aliphatic rings. The Labute approximate surface area is 190 Å². The van der Waals surface area contributed by atoms with Crippen molar-refractivity contribution in [1.29, 1.82) is 0 Å². The predicted octanol–water partition coefficient (Wildman–Crippen LogP) is 4.85. The third-order valence-electron chi connectivity index (χ3n) is 7.07. The molecule has 170 valence electrons. The Morgan fingerprint density at radius 3 is 2.69 bits per heavy atom. The summed E-state index contributed by atoms with van der Waals surface area (Å²) in [4.78, 5) is 15.6. The van der Waals surface area contributed by atoms with Gasteiger partial charge in [0.25, 0.3) is 5.91 Å². The van der Waals surface area contributed by atoms with Crippen LogP contribution in [0.3, 0.4) is 0 Å². The second-order valence-electron chi connectivity index (χ2n) is 9.36. The summed E-state index contributed by atoms with van der Waals surface area (Å²) in [6, 6.07) is 11.6. The lowest BCUT2D eigenvalue weighted by Crippen LogP contribution is -2.41. The zero-order valence-electron chi connectivity index (χ0n) is 18.6. The number of amides is 1. The summed E-state index contributed by atoms with van der Waals surface area (Å²) in [5, 5.41) is 17.2. The number of carbonyl (C=O) groups is 1. The van der Waals surface area contributed by atoms with E-state index in [1.807, 2.05) is 24.3 Å². The van der Waals surface area contributed by atoms with Crippen molar-refractivity contribution in [2.45, 2.75) is 63.5 Å². The van der Waals surface area contributed by atoms with Crippen LogP contribution in [0.2, 0.25) is 0 Å². The van der Waals surface area contributed by atoms with Gasteiger partial charge in [0, 0.05) is 18.3 Å². The summed E-state index contributed by atoms with van der Waals surface area (Å²) >= 11 is 0. The fraction of sp³-hybridized carbons (Fsp3) is 0.500. The summed E-state index contributed by atoms with van der Waals surface area (Å²) in [6.45, 7) is 3.37. The van der Waals surface area contributed by atoms with Crippen LogP contribution in [0.25, 0.3) is 0 Å². The Morgan fingerprint density at radius 1 is 1.09 bits per heavy atom. The smallest absolute Gasteiger partial charge is 0.267 e. The van der Waals surface area contributed by atoms with Crippen LogP contribution in [0.4, 0.5) is 11.4 Å². The number of carbonyl (C=O) groups excluding carboxylic acids is 1. The van der Waals surface area contributed by atoms with Gasteiger partial charge in [-0.1, -0.05) is 31.4 Å². The number of phenolic OH excluding ortho intramolecular Hbond substituents is 1. The van der Waals surface area contributed by atoms with Crippen molar-refractivity contribution in [2.75, 3.05) is 30.3 Å². The van der Waals surface area contributed by atoms with Crippen LogP contribution < -0.4 is 15.4 Å². The van der Waals surface area contributed by atoms with Crippen molar-refractivity contribution in [1.82, 2.24) is 4.90 Å². The molecule has 2 aromatic carbocycles. The van der Waals surface area contributed by atoms with E-state index in [1.54, 1.807) is 6.07 Å². The predicted molar refractivity (Wildman–Crippen MR) is 126 cm³/mol. The highest BCUT2D eigenvalue weighted by atomic mass is 16.5. The second-order valence-corrected chi connectivity index (χ2v) is 9.36. The van der Waals surface area contributed by atoms with E-state index in [-0.39, 0.29) is 5.91 Å². The molecule has 6 heteroatoms. The van der Waals surface area contributed by atoms with Crippen molar-refractivity contribution in [2.24, 2.45) is 0 Å². The molecule has 6 nitrogen and oxygen atoms in total. The number of para-hydroxylation sites is 2. The number of nitrogens with zero attached hydrogens (tertiary/aromatic N) is 1. The molecule has 0 aromatic heterocycles. The minimum atomic E-state index is -0.621. The molecule has 2 fully saturated rings. The van der Waals surface area contributed by atoms with Crippen molar-refractivity contribution in [3.63, 3.8) is 0 Å². The van der Waals surface area contributed by atoms with Gasteiger partial charge in [0.05, 0.1) is 12.2 Å². The third-order valence-corrected chi connectivity index (χ3v) is 7.07. The standard InChI is InChI=1S/C26H33N3O3/c30-23-15-22(28-26(31)25-16-27-21-10-4-5-11-24(21)32-25)19(17-29-12-6-1-7-13-29)14-20(23)18-8-2-3-9-18/h4-5,10-11,14-15,18,25,27,30H,1-3,6-9,12-13,16-17H2,(H,28,31). The van der Waals surface area contributed by atoms with E-state index in [9.17, 15) is 9.90 Å². The molecule has 2 aromatic rings. The average molecular weight is 436 g/mol. The first-order valence-corrected chi connectivity index (χ1v) is 12.1. The number of rotatable bonds is 5. The first-order valence-electron chi connectivity index (χ1n) is 12.1. The number of phenols is 1. The topological polar surface area (TPSA) is 73.8 Å². The molecule has 1 saturated carbocycles. The van der Waals surface area contributed by atoms with E-state index >= 15 is 0 Å². The molecule has 32 heavy (non-hydrogen) atoms. The van der Waals surface area contributed by atoms with E-state index < -0.39 is 6.10 Å². The van der Waals surface area contributed by atoms with Crippen LogP contribution in [-0.4, -0.2) is 41.7 Å². The largest absolute Gasteiger partial charge is 0.508 e. The van der Waals surface area contributed by atoms with Gasteiger partial charge in [-0.3, -0.25) is 9.69 Å². The van der Waals surface area contributed by atoms with Crippen LogP contribution >= 0.6 is 0 Å². The van der Waals surface area contributed by atoms with Crippen LogP contribution in [-0.2, 0) is 11.3 Å². The van der Waals surface area contributed by atoms with E-state index in [1.165, 1.54) is 32.1 Å². The Hall–Kier alpha value is -2.73. The van der Waals surface area contributed by atoms with Gasteiger partial charge in [-0.15, -0.1) is 0 Å². The van der Waals surface area contributed by atoms with Gasteiger partial charge in [0.15, 0.2) is 6.10 Å². The van der Waals surface area contributed by atoms with Crippen LogP contribution in [0, 0.1) is 0 Å². The number of piperidine rings is 1. The molecule has 5 rings (SSSR count). The molecule has 1 aliphatic carbocycles. The number of hydrogen-bond acceptors (Lipinski definition) is 5.